The van der Waals surface area contributed by atoms with Crippen LogP contribution in [0.2, 0.25) is 0 Å². The van der Waals surface area contributed by atoms with Gasteiger partial charge in [0.05, 0.1) is 12.2 Å². The molecule has 3 unspecified atom stereocenters. The maximum absolute atomic E-state index is 6.00. The molecule has 0 spiro atoms. The Bertz CT molecular complexity index is 147. The largest absolute Gasteiger partial charge is 0.373 e. The highest BCUT2D eigenvalue weighted by atomic mass is 16.5. The van der Waals surface area contributed by atoms with Crippen molar-refractivity contribution in [1.82, 2.24) is 0 Å². The average Bonchev–Trinajstić information content (AvgIpc) is 2.08. The van der Waals surface area contributed by atoms with Gasteiger partial charge < -0.3 is 10.5 Å². The first kappa shape index (κ1) is 11.0. The maximum atomic E-state index is 6.00. The number of hydrogen-bond donors (Lipinski definition) is 1. The minimum absolute atomic E-state index is 0.273. The minimum Gasteiger partial charge on any atom is -0.373 e. The molecular weight excluding hydrogens is 162 g/mol. The molecule has 0 radical (unpaired) electrons. The van der Waals surface area contributed by atoms with Gasteiger partial charge in [-0.2, -0.15) is 0 Å². The van der Waals surface area contributed by atoms with E-state index >= 15 is 0 Å². The van der Waals surface area contributed by atoms with Gasteiger partial charge in [-0.25, -0.2) is 0 Å². The molecule has 2 nitrogen and oxygen atoms in total. The lowest BCUT2D eigenvalue weighted by atomic mass is 9.93. The van der Waals surface area contributed by atoms with E-state index in [0.29, 0.717) is 18.1 Å². The van der Waals surface area contributed by atoms with E-state index in [1.165, 1.54) is 12.8 Å². The summed E-state index contributed by atoms with van der Waals surface area (Å²) >= 11 is 0. The van der Waals surface area contributed by atoms with Crippen molar-refractivity contribution < 1.29 is 4.74 Å². The summed E-state index contributed by atoms with van der Waals surface area (Å²) in [7, 11) is 0. The Balaban J connectivity index is 2.33. The van der Waals surface area contributed by atoms with Crippen molar-refractivity contribution >= 4 is 0 Å². The van der Waals surface area contributed by atoms with Crippen LogP contribution in [0.25, 0.3) is 0 Å². The van der Waals surface area contributed by atoms with Crippen molar-refractivity contribution in [3.63, 3.8) is 0 Å². The van der Waals surface area contributed by atoms with Crippen LogP contribution in [0.1, 0.15) is 46.5 Å². The van der Waals surface area contributed by atoms with Gasteiger partial charge in [-0.05, 0) is 25.7 Å². The fourth-order valence-electron chi connectivity index (χ4n) is 1.73. The van der Waals surface area contributed by atoms with Crippen molar-refractivity contribution in [2.24, 2.45) is 11.7 Å². The highest BCUT2D eigenvalue weighted by Gasteiger charge is 2.24. The molecule has 0 aromatic carbocycles. The lowest BCUT2D eigenvalue weighted by molar-refractivity contribution is -0.0501. The first-order valence-corrected chi connectivity index (χ1v) is 5.52. The molecule has 0 amide bonds. The SMILES string of the molecule is CC(C)C(C)OC1CCCCC1N. The smallest absolute Gasteiger partial charge is 0.0729 e. The van der Waals surface area contributed by atoms with Crippen LogP contribution in [-0.4, -0.2) is 18.2 Å². The average molecular weight is 185 g/mol. The molecule has 1 rings (SSSR count). The van der Waals surface area contributed by atoms with E-state index in [9.17, 15) is 0 Å². The van der Waals surface area contributed by atoms with Gasteiger partial charge >= 0.3 is 0 Å². The second-order valence-electron chi connectivity index (χ2n) is 4.57. The van der Waals surface area contributed by atoms with Crippen molar-refractivity contribution in [2.45, 2.75) is 64.7 Å². The second-order valence-corrected chi connectivity index (χ2v) is 4.57. The van der Waals surface area contributed by atoms with Crippen LogP contribution in [0.5, 0.6) is 0 Å². The van der Waals surface area contributed by atoms with Crippen LogP contribution in [0.4, 0.5) is 0 Å². The molecule has 1 fully saturated rings. The van der Waals surface area contributed by atoms with Gasteiger partial charge in [0.15, 0.2) is 0 Å². The minimum atomic E-state index is 0.273. The molecular formula is C11H23NO. The van der Waals surface area contributed by atoms with Gasteiger partial charge in [0.2, 0.25) is 0 Å². The zero-order valence-corrected chi connectivity index (χ0v) is 9.12. The van der Waals surface area contributed by atoms with Crippen LogP contribution < -0.4 is 5.73 Å². The summed E-state index contributed by atoms with van der Waals surface area (Å²) in [5.74, 6) is 0.592. The van der Waals surface area contributed by atoms with Crippen LogP contribution in [0.15, 0.2) is 0 Å². The third kappa shape index (κ3) is 3.28. The maximum Gasteiger partial charge on any atom is 0.0729 e. The van der Waals surface area contributed by atoms with Gasteiger partial charge in [0, 0.05) is 6.04 Å². The standard InChI is InChI=1S/C11H23NO/c1-8(2)9(3)13-11-7-5-4-6-10(11)12/h8-11H,4-7,12H2,1-3H3. The van der Waals surface area contributed by atoms with Crippen molar-refractivity contribution in [3.8, 4) is 0 Å². The molecule has 0 saturated heterocycles. The molecule has 1 aliphatic carbocycles. The Kier molecular flexibility index (Phi) is 4.20. The molecule has 0 aromatic rings. The number of rotatable bonds is 3. The molecule has 78 valence electrons. The summed E-state index contributed by atoms with van der Waals surface area (Å²) in [5.41, 5.74) is 6.00. The van der Waals surface area contributed by atoms with Crippen LogP contribution in [0.3, 0.4) is 0 Å². The molecule has 1 aliphatic rings. The zero-order valence-electron chi connectivity index (χ0n) is 9.12. The van der Waals surface area contributed by atoms with E-state index in [-0.39, 0.29) is 6.04 Å². The highest BCUT2D eigenvalue weighted by molar-refractivity contribution is 4.79. The van der Waals surface area contributed by atoms with Gasteiger partial charge in [0.1, 0.15) is 0 Å². The fourth-order valence-corrected chi connectivity index (χ4v) is 1.73. The van der Waals surface area contributed by atoms with E-state index in [2.05, 4.69) is 20.8 Å². The summed E-state index contributed by atoms with van der Waals surface area (Å²) in [6.07, 6.45) is 5.49. The van der Waals surface area contributed by atoms with Gasteiger partial charge in [-0.1, -0.05) is 26.7 Å². The van der Waals surface area contributed by atoms with Crippen molar-refractivity contribution in [1.29, 1.82) is 0 Å². The topological polar surface area (TPSA) is 35.2 Å². The van der Waals surface area contributed by atoms with Crippen LogP contribution >= 0.6 is 0 Å². The van der Waals surface area contributed by atoms with Crippen LogP contribution in [-0.2, 0) is 4.74 Å². The number of hydrogen-bond acceptors (Lipinski definition) is 2. The molecule has 0 heterocycles. The van der Waals surface area contributed by atoms with E-state index < -0.39 is 0 Å². The van der Waals surface area contributed by atoms with E-state index in [0.717, 1.165) is 12.8 Å². The first-order chi connectivity index (χ1) is 6.11. The Morgan fingerprint density at radius 3 is 2.31 bits per heavy atom. The summed E-state index contributed by atoms with van der Waals surface area (Å²) in [5, 5.41) is 0. The number of ether oxygens (including phenoxy) is 1. The van der Waals surface area contributed by atoms with Crippen LogP contribution in [0, 0.1) is 5.92 Å². The summed E-state index contributed by atoms with van der Waals surface area (Å²) in [6, 6.07) is 0.273. The normalized spacial score (nSPS) is 32.1. The van der Waals surface area contributed by atoms with E-state index in [1.54, 1.807) is 0 Å². The quantitative estimate of drug-likeness (QED) is 0.732. The fraction of sp³-hybridized carbons (Fsp3) is 1.00. The molecule has 0 bridgehead atoms. The summed E-state index contributed by atoms with van der Waals surface area (Å²) in [6.45, 7) is 6.53. The second kappa shape index (κ2) is 4.97. The Morgan fingerprint density at radius 1 is 1.15 bits per heavy atom. The zero-order chi connectivity index (χ0) is 9.84. The predicted molar refractivity (Wildman–Crippen MR) is 55.6 cm³/mol. The highest BCUT2D eigenvalue weighted by Crippen LogP contribution is 2.22. The molecule has 0 aliphatic heterocycles. The molecule has 2 heteroatoms. The Labute approximate surface area is 81.8 Å². The van der Waals surface area contributed by atoms with Gasteiger partial charge in [-0.15, -0.1) is 0 Å². The third-order valence-corrected chi connectivity index (χ3v) is 3.08. The third-order valence-electron chi connectivity index (χ3n) is 3.08. The van der Waals surface area contributed by atoms with Gasteiger partial charge in [0.25, 0.3) is 0 Å². The van der Waals surface area contributed by atoms with Gasteiger partial charge in [-0.3, -0.25) is 0 Å². The summed E-state index contributed by atoms with van der Waals surface area (Å²) in [4.78, 5) is 0. The predicted octanol–water partition coefficient (Wildman–Crippen LogP) is 2.32. The van der Waals surface area contributed by atoms with E-state index in [4.69, 9.17) is 10.5 Å². The Hall–Kier alpha value is -0.0800. The monoisotopic (exact) mass is 185 g/mol. The molecule has 0 aromatic heterocycles. The van der Waals surface area contributed by atoms with E-state index in [1.807, 2.05) is 0 Å². The Morgan fingerprint density at radius 2 is 1.77 bits per heavy atom. The molecule has 2 N–H and O–H groups in total. The lowest BCUT2D eigenvalue weighted by Gasteiger charge is -2.32. The molecule has 3 atom stereocenters. The van der Waals surface area contributed by atoms with Crippen molar-refractivity contribution in [3.05, 3.63) is 0 Å². The summed E-state index contributed by atoms with van der Waals surface area (Å²) < 4.78 is 5.94. The molecule has 1 saturated carbocycles. The van der Waals surface area contributed by atoms with Crippen molar-refractivity contribution in [2.75, 3.05) is 0 Å². The molecule has 13 heavy (non-hydrogen) atoms. The number of nitrogens with two attached hydrogens (primary N) is 1. The lowest BCUT2D eigenvalue weighted by Crippen LogP contribution is -2.41. The first-order valence-electron chi connectivity index (χ1n) is 5.52.